The van der Waals surface area contributed by atoms with Crippen molar-refractivity contribution in [3.05, 3.63) is 0 Å². The summed E-state index contributed by atoms with van der Waals surface area (Å²) in [5.74, 6) is 0.811. The van der Waals surface area contributed by atoms with E-state index in [1.54, 1.807) is 0 Å². The number of ether oxygens (including phenoxy) is 1. The minimum atomic E-state index is -0.920. The van der Waals surface area contributed by atoms with Crippen LogP contribution in [-0.4, -0.2) is 28.3 Å². The van der Waals surface area contributed by atoms with E-state index in [4.69, 9.17) is 4.74 Å². The van der Waals surface area contributed by atoms with E-state index in [1.165, 1.54) is 13.5 Å². The first-order valence-electron chi connectivity index (χ1n) is 6.32. The topological polar surface area (TPSA) is 43.4 Å². The van der Waals surface area contributed by atoms with Gasteiger partial charge in [0.05, 0.1) is 12.5 Å². The van der Waals surface area contributed by atoms with Crippen LogP contribution in [0.3, 0.4) is 0 Å². The van der Waals surface area contributed by atoms with E-state index in [9.17, 15) is 9.00 Å². The van der Waals surface area contributed by atoms with Crippen molar-refractivity contribution in [3.63, 3.8) is 0 Å². The van der Waals surface area contributed by atoms with Gasteiger partial charge in [-0.15, -0.1) is 0 Å². The van der Waals surface area contributed by atoms with Crippen molar-refractivity contribution in [3.8, 4) is 0 Å². The second-order valence-corrected chi connectivity index (χ2v) is 7.51. The average molecular weight is 260 g/mol. The molecule has 1 fully saturated rings. The normalized spacial score (nSPS) is 27.5. The number of hydrogen-bond acceptors (Lipinski definition) is 3. The number of hydrogen-bond donors (Lipinski definition) is 0. The zero-order chi connectivity index (χ0) is 13.1. The highest BCUT2D eigenvalue weighted by Gasteiger charge is 2.34. The zero-order valence-electron chi connectivity index (χ0n) is 11.3. The molecule has 3 unspecified atom stereocenters. The Morgan fingerprint density at radius 2 is 2.06 bits per heavy atom. The minimum absolute atomic E-state index is 0.266. The van der Waals surface area contributed by atoms with E-state index in [-0.39, 0.29) is 11.2 Å². The van der Waals surface area contributed by atoms with Crippen molar-refractivity contribution in [2.45, 2.75) is 51.7 Å². The molecule has 1 saturated carbocycles. The van der Waals surface area contributed by atoms with Crippen molar-refractivity contribution in [2.24, 2.45) is 11.3 Å². The second kappa shape index (κ2) is 5.98. The highest BCUT2D eigenvalue weighted by molar-refractivity contribution is 7.85. The summed E-state index contributed by atoms with van der Waals surface area (Å²) in [5, 5.41) is 0.266. The van der Waals surface area contributed by atoms with Gasteiger partial charge in [-0.05, 0) is 32.6 Å². The van der Waals surface area contributed by atoms with Crippen LogP contribution < -0.4 is 0 Å². The number of esters is 1. The van der Waals surface area contributed by atoms with E-state index in [0.29, 0.717) is 11.7 Å². The van der Waals surface area contributed by atoms with Gasteiger partial charge in [0.25, 0.3) is 0 Å². The Bertz CT molecular complexity index is 299. The largest absolute Gasteiger partial charge is 0.469 e. The summed E-state index contributed by atoms with van der Waals surface area (Å²) >= 11 is 0. The fourth-order valence-electron chi connectivity index (χ4n) is 2.43. The summed E-state index contributed by atoms with van der Waals surface area (Å²) in [7, 11) is 0.465. The zero-order valence-corrected chi connectivity index (χ0v) is 12.1. The minimum Gasteiger partial charge on any atom is -0.469 e. The molecule has 0 aromatic carbocycles. The summed E-state index contributed by atoms with van der Waals surface area (Å²) in [6, 6.07) is 0. The van der Waals surface area contributed by atoms with Gasteiger partial charge in [-0.25, -0.2) is 0 Å². The average Bonchev–Trinajstić information content (AvgIpc) is 2.27. The Kier molecular flexibility index (Phi) is 5.17. The van der Waals surface area contributed by atoms with Crippen LogP contribution in [-0.2, 0) is 20.3 Å². The molecule has 0 aliphatic heterocycles. The van der Waals surface area contributed by atoms with Crippen LogP contribution in [0.5, 0.6) is 0 Å². The van der Waals surface area contributed by atoms with E-state index in [0.717, 1.165) is 19.3 Å². The third-order valence-electron chi connectivity index (χ3n) is 3.50. The Labute approximate surface area is 107 Å². The molecule has 1 rings (SSSR count). The lowest BCUT2D eigenvalue weighted by Gasteiger charge is -2.29. The lowest BCUT2D eigenvalue weighted by Crippen LogP contribution is -2.35. The third kappa shape index (κ3) is 4.09. The molecule has 0 amide bonds. The van der Waals surface area contributed by atoms with Crippen LogP contribution in [0.4, 0.5) is 0 Å². The summed E-state index contributed by atoms with van der Waals surface area (Å²) in [4.78, 5) is 11.6. The summed E-state index contributed by atoms with van der Waals surface area (Å²) in [6.07, 6.45) is 4.47. The van der Waals surface area contributed by atoms with Gasteiger partial charge in [0, 0.05) is 21.8 Å². The molecular weight excluding hydrogens is 236 g/mol. The first-order chi connectivity index (χ1) is 7.86. The second-order valence-electron chi connectivity index (χ2n) is 5.79. The molecular formula is C13H24O3S. The highest BCUT2D eigenvalue weighted by atomic mass is 32.2. The molecule has 0 N–H and O–H groups in total. The van der Waals surface area contributed by atoms with Crippen molar-refractivity contribution >= 4 is 16.8 Å². The van der Waals surface area contributed by atoms with Crippen LogP contribution in [0.1, 0.15) is 46.5 Å². The van der Waals surface area contributed by atoms with Gasteiger partial charge < -0.3 is 4.74 Å². The summed E-state index contributed by atoms with van der Waals surface area (Å²) in [6.45, 7) is 5.83. The molecule has 0 spiro atoms. The van der Waals surface area contributed by atoms with E-state index in [1.807, 2.05) is 13.8 Å². The maximum absolute atomic E-state index is 12.3. The van der Waals surface area contributed by atoms with Crippen molar-refractivity contribution in [1.82, 2.24) is 0 Å². The van der Waals surface area contributed by atoms with Gasteiger partial charge >= 0.3 is 5.97 Å². The third-order valence-corrected chi connectivity index (χ3v) is 5.68. The predicted octanol–water partition coefficient (Wildman–Crippen LogP) is 2.51. The summed E-state index contributed by atoms with van der Waals surface area (Å²) in [5.41, 5.74) is -0.639. The standard InChI is InChI=1S/C13H24O3S/c1-10-6-5-7-11(8-10)17(15)9-13(2,3)12(14)16-4/h10-11H,5-9H2,1-4H3. The molecule has 1 aliphatic rings. The molecule has 3 nitrogen and oxygen atoms in total. The van der Waals surface area contributed by atoms with Crippen LogP contribution in [0.25, 0.3) is 0 Å². The van der Waals surface area contributed by atoms with E-state index < -0.39 is 16.2 Å². The lowest BCUT2D eigenvalue weighted by atomic mass is 9.90. The Balaban J connectivity index is 2.56. The SMILES string of the molecule is COC(=O)C(C)(C)CS(=O)C1CCCC(C)C1. The van der Waals surface area contributed by atoms with Gasteiger partial charge in [0.1, 0.15) is 0 Å². The maximum Gasteiger partial charge on any atom is 0.312 e. The molecule has 0 bridgehead atoms. The van der Waals surface area contributed by atoms with Crippen LogP contribution in [0.15, 0.2) is 0 Å². The fourth-order valence-corrected chi connectivity index (χ4v) is 4.46. The van der Waals surface area contributed by atoms with Gasteiger partial charge in [0.15, 0.2) is 0 Å². The Hall–Kier alpha value is -0.380. The first kappa shape index (κ1) is 14.7. The molecule has 0 aromatic heterocycles. The van der Waals surface area contributed by atoms with Crippen molar-refractivity contribution < 1.29 is 13.7 Å². The van der Waals surface area contributed by atoms with E-state index >= 15 is 0 Å². The molecule has 4 heteroatoms. The van der Waals surface area contributed by atoms with Crippen LogP contribution in [0.2, 0.25) is 0 Å². The Morgan fingerprint density at radius 3 is 2.59 bits per heavy atom. The molecule has 100 valence electrons. The highest BCUT2D eigenvalue weighted by Crippen LogP contribution is 2.29. The molecule has 17 heavy (non-hydrogen) atoms. The number of carbonyl (C=O) groups is 1. The van der Waals surface area contributed by atoms with Gasteiger partial charge in [0.2, 0.25) is 0 Å². The van der Waals surface area contributed by atoms with Gasteiger partial charge in [-0.2, -0.15) is 0 Å². The fraction of sp³-hybridized carbons (Fsp3) is 0.923. The van der Waals surface area contributed by atoms with Crippen LogP contribution >= 0.6 is 0 Å². The quantitative estimate of drug-likeness (QED) is 0.729. The molecule has 0 saturated heterocycles. The smallest absolute Gasteiger partial charge is 0.312 e. The maximum atomic E-state index is 12.3. The molecule has 0 heterocycles. The number of rotatable bonds is 4. The molecule has 3 atom stereocenters. The van der Waals surface area contributed by atoms with Crippen molar-refractivity contribution in [1.29, 1.82) is 0 Å². The molecule has 1 aliphatic carbocycles. The first-order valence-corrected chi connectivity index (χ1v) is 7.70. The molecule has 0 aromatic rings. The van der Waals surface area contributed by atoms with Gasteiger partial charge in [-0.1, -0.05) is 19.8 Å². The summed E-state index contributed by atoms with van der Waals surface area (Å²) < 4.78 is 17.0. The lowest BCUT2D eigenvalue weighted by molar-refractivity contribution is -0.149. The number of carbonyl (C=O) groups excluding carboxylic acids is 1. The predicted molar refractivity (Wildman–Crippen MR) is 70.2 cm³/mol. The van der Waals surface area contributed by atoms with Crippen molar-refractivity contribution in [2.75, 3.05) is 12.9 Å². The molecule has 0 radical (unpaired) electrons. The monoisotopic (exact) mass is 260 g/mol. The number of methoxy groups -OCH3 is 1. The van der Waals surface area contributed by atoms with Gasteiger partial charge in [-0.3, -0.25) is 9.00 Å². The van der Waals surface area contributed by atoms with Crippen LogP contribution in [0, 0.1) is 11.3 Å². The van der Waals surface area contributed by atoms with E-state index in [2.05, 4.69) is 6.92 Å². The Morgan fingerprint density at radius 1 is 1.41 bits per heavy atom.